The van der Waals surface area contributed by atoms with Crippen molar-refractivity contribution in [1.29, 1.82) is 0 Å². The molecule has 1 aliphatic rings. The summed E-state index contributed by atoms with van der Waals surface area (Å²) in [6.45, 7) is 0. The fourth-order valence-corrected chi connectivity index (χ4v) is 3.11. The number of carbonyl (C=O) groups is 1. The molecule has 2 aromatic rings. The van der Waals surface area contributed by atoms with Gasteiger partial charge >= 0.3 is 6.18 Å². The van der Waals surface area contributed by atoms with Gasteiger partial charge in [0.15, 0.2) is 5.17 Å². The number of amides is 1. The smallest absolute Gasteiger partial charge is 0.416 e. The lowest BCUT2D eigenvalue weighted by Gasteiger charge is -2.06. The topological polar surface area (TPSA) is 50.7 Å². The van der Waals surface area contributed by atoms with Crippen LogP contribution in [-0.2, 0) is 11.0 Å². The number of methoxy groups -OCH3 is 1. The Morgan fingerprint density at radius 2 is 1.92 bits per heavy atom. The lowest BCUT2D eigenvalue weighted by atomic mass is 10.2. The first-order valence-electron chi connectivity index (χ1n) is 7.46. The van der Waals surface area contributed by atoms with E-state index in [1.165, 1.54) is 19.2 Å². The third-order valence-electron chi connectivity index (χ3n) is 3.48. The number of aliphatic imine (C=N–C) groups is 1. The van der Waals surface area contributed by atoms with Gasteiger partial charge in [-0.05, 0) is 42.1 Å². The number of rotatable bonds is 3. The Bertz CT molecular complexity index is 907. The van der Waals surface area contributed by atoms with E-state index in [4.69, 9.17) is 4.74 Å². The third-order valence-corrected chi connectivity index (χ3v) is 4.39. The van der Waals surface area contributed by atoms with E-state index in [0.717, 1.165) is 23.9 Å². The molecule has 1 amide bonds. The SMILES string of the molecule is COc1ccccc1C=C1SC(=Nc2cccc(C(F)(F)F)c2)NC1=O. The van der Waals surface area contributed by atoms with E-state index >= 15 is 0 Å². The van der Waals surface area contributed by atoms with E-state index in [0.29, 0.717) is 16.2 Å². The van der Waals surface area contributed by atoms with Crippen LogP contribution in [0.2, 0.25) is 0 Å². The molecular formula is C18H13F3N2O2S. The van der Waals surface area contributed by atoms with Crippen molar-refractivity contribution in [3.05, 3.63) is 64.6 Å². The first-order chi connectivity index (χ1) is 12.4. The molecule has 0 atom stereocenters. The lowest BCUT2D eigenvalue weighted by Crippen LogP contribution is -2.19. The van der Waals surface area contributed by atoms with Crippen molar-refractivity contribution in [2.45, 2.75) is 6.18 Å². The molecule has 0 spiro atoms. The summed E-state index contributed by atoms with van der Waals surface area (Å²) in [6.07, 6.45) is -2.80. The number of thioether (sulfide) groups is 1. The highest BCUT2D eigenvalue weighted by Gasteiger charge is 2.30. The van der Waals surface area contributed by atoms with Crippen LogP contribution in [0.4, 0.5) is 18.9 Å². The van der Waals surface area contributed by atoms with Gasteiger partial charge in [-0.2, -0.15) is 13.2 Å². The van der Waals surface area contributed by atoms with Gasteiger partial charge in [-0.25, -0.2) is 4.99 Å². The number of carbonyl (C=O) groups excluding carboxylic acids is 1. The zero-order chi connectivity index (χ0) is 18.7. The molecule has 4 nitrogen and oxygen atoms in total. The molecule has 0 radical (unpaired) electrons. The first kappa shape index (κ1) is 18.1. The first-order valence-corrected chi connectivity index (χ1v) is 8.28. The van der Waals surface area contributed by atoms with Crippen LogP contribution in [0.25, 0.3) is 6.08 Å². The number of benzene rings is 2. The molecule has 1 saturated heterocycles. The van der Waals surface area contributed by atoms with Crippen LogP contribution in [0.1, 0.15) is 11.1 Å². The van der Waals surface area contributed by atoms with Gasteiger partial charge in [-0.1, -0.05) is 24.3 Å². The van der Waals surface area contributed by atoms with Crippen LogP contribution in [0.5, 0.6) is 5.75 Å². The molecule has 8 heteroatoms. The average molecular weight is 378 g/mol. The largest absolute Gasteiger partial charge is 0.496 e. The van der Waals surface area contributed by atoms with Gasteiger partial charge in [-0.15, -0.1) is 0 Å². The highest BCUT2D eigenvalue weighted by atomic mass is 32.2. The van der Waals surface area contributed by atoms with Gasteiger partial charge in [0.2, 0.25) is 0 Å². The molecular weight excluding hydrogens is 365 g/mol. The fraction of sp³-hybridized carbons (Fsp3) is 0.111. The molecule has 26 heavy (non-hydrogen) atoms. The predicted octanol–water partition coefficient (Wildman–Crippen LogP) is 4.61. The summed E-state index contributed by atoms with van der Waals surface area (Å²) in [5.41, 5.74) is 0.0348. The van der Waals surface area contributed by atoms with E-state index in [2.05, 4.69) is 10.3 Å². The Morgan fingerprint density at radius 3 is 2.65 bits per heavy atom. The Balaban J connectivity index is 1.86. The van der Waals surface area contributed by atoms with Crippen LogP contribution < -0.4 is 10.1 Å². The van der Waals surface area contributed by atoms with Crippen LogP contribution >= 0.6 is 11.8 Å². The number of para-hydroxylation sites is 1. The van der Waals surface area contributed by atoms with Crippen LogP contribution in [0.3, 0.4) is 0 Å². The highest BCUT2D eigenvalue weighted by molar-refractivity contribution is 8.18. The Labute approximate surface area is 151 Å². The van der Waals surface area contributed by atoms with Gasteiger partial charge < -0.3 is 10.1 Å². The Kier molecular flexibility index (Phi) is 5.03. The Hall–Kier alpha value is -2.74. The van der Waals surface area contributed by atoms with Crippen LogP contribution in [0.15, 0.2) is 58.4 Å². The van der Waals surface area contributed by atoms with E-state index in [-0.39, 0.29) is 16.8 Å². The normalized spacial score (nSPS) is 17.6. The Morgan fingerprint density at radius 1 is 1.15 bits per heavy atom. The number of alkyl halides is 3. The van der Waals surface area contributed by atoms with Crippen molar-refractivity contribution >= 4 is 34.6 Å². The summed E-state index contributed by atoms with van der Waals surface area (Å²) in [5, 5.41) is 2.77. The maximum atomic E-state index is 12.8. The van der Waals surface area contributed by atoms with Crippen LogP contribution in [-0.4, -0.2) is 18.2 Å². The zero-order valence-corrected chi connectivity index (χ0v) is 14.3. The molecule has 1 fully saturated rings. The maximum absolute atomic E-state index is 12.8. The molecule has 1 aliphatic heterocycles. The standard InChI is InChI=1S/C18H13F3N2O2S/c1-25-14-8-3-2-5-11(14)9-15-16(24)23-17(26-15)22-13-7-4-6-12(10-13)18(19,20)21/h2-10H,1H3,(H,22,23,24). The minimum Gasteiger partial charge on any atom is -0.496 e. The summed E-state index contributed by atoms with van der Waals surface area (Å²) in [7, 11) is 1.53. The number of hydrogen-bond donors (Lipinski definition) is 1. The number of nitrogens with zero attached hydrogens (tertiary/aromatic N) is 1. The summed E-state index contributed by atoms with van der Waals surface area (Å²) in [5.74, 6) is 0.239. The van der Waals surface area contributed by atoms with Gasteiger partial charge in [0.1, 0.15) is 5.75 Å². The molecule has 3 rings (SSSR count). The van der Waals surface area contributed by atoms with Crippen molar-refractivity contribution in [2.24, 2.45) is 4.99 Å². The van der Waals surface area contributed by atoms with E-state index < -0.39 is 11.7 Å². The molecule has 0 aromatic heterocycles. The minimum atomic E-state index is -4.45. The summed E-state index contributed by atoms with van der Waals surface area (Å²) >= 11 is 1.05. The molecule has 134 valence electrons. The van der Waals surface area contributed by atoms with Gasteiger partial charge in [0, 0.05) is 5.56 Å². The minimum absolute atomic E-state index is 0.112. The maximum Gasteiger partial charge on any atom is 0.416 e. The summed E-state index contributed by atoms with van der Waals surface area (Å²) < 4.78 is 43.6. The number of amidine groups is 1. The molecule has 0 saturated carbocycles. The molecule has 0 aliphatic carbocycles. The fourth-order valence-electron chi connectivity index (χ4n) is 2.28. The summed E-state index contributed by atoms with van der Waals surface area (Å²) in [4.78, 5) is 16.6. The second-order valence-corrected chi connectivity index (χ2v) is 6.30. The number of hydrogen-bond acceptors (Lipinski definition) is 4. The molecule has 2 aromatic carbocycles. The van der Waals surface area contributed by atoms with Crippen molar-refractivity contribution < 1.29 is 22.7 Å². The predicted molar refractivity (Wildman–Crippen MR) is 95.2 cm³/mol. The quantitative estimate of drug-likeness (QED) is 0.794. The number of halogens is 3. The summed E-state index contributed by atoms with van der Waals surface area (Å²) in [6, 6.07) is 11.8. The van der Waals surface area contributed by atoms with E-state index in [1.807, 2.05) is 12.1 Å². The number of ether oxygens (including phenoxy) is 1. The van der Waals surface area contributed by atoms with Crippen molar-refractivity contribution in [3.63, 3.8) is 0 Å². The second-order valence-electron chi connectivity index (χ2n) is 5.27. The molecule has 1 N–H and O–H groups in total. The highest BCUT2D eigenvalue weighted by Crippen LogP contribution is 2.33. The lowest BCUT2D eigenvalue weighted by molar-refractivity contribution is -0.137. The average Bonchev–Trinajstić information content (AvgIpc) is 2.94. The molecule has 1 heterocycles. The number of nitrogens with one attached hydrogen (secondary N) is 1. The van der Waals surface area contributed by atoms with Gasteiger partial charge in [0.25, 0.3) is 5.91 Å². The van der Waals surface area contributed by atoms with E-state index in [9.17, 15) is 18.0 Å². The molecule has 0 bridgehead atoms. The van der Waals surface area contributed by atoms with Gasteiger partial charge in [0.05, 0.1) is 23.3 Å². The molecule has 0 unspecified atom stereocenters. The van der Waals surface area contributed by atoms with Crippen LogP contribution in [0, 0.1) is 0 Å². The second kappa shape index (κ2) is 7.25. The monoisotopic (exact) mass is 378 g/mol. The third kappa shape index (κ3) is 4.08. The van der Waals surface area contributed by atoms with Crippen molar-refractivity contribution in [3.8, 4) is 5.75 Å². The van der Waals surface area contributed by atoms with Crippen molar-refractivity contribution in [1.82, 2.24) is 5.32 Å². The van der Waals surface area contributed by atoms with Crippen molar-refractivity contribution in [2.75, 3.05) is 7.11 Å². The zero-order valence-electron chi connectivity index (χ0n) is 13.5. The van der Waals surface area contributed by atoms with E-state index in [1.54, 1.807) is 18.2 Å². The van der Waals surface area contributed by atoms with Gasteiger partial charge in [-0.3, -0.25) is 4.79 Å².